The van der Waals surface area contributed by atoms with Crippen LogP contribution in [-0.4, -0.2) is 46.2 Å². The Balaban J connectivity index is 1.97. The van der Waals surface area contributed by atoms with E-state index in [1.807, 2.05) is 0 Å². The van der Waals surface area contributed by atoms with Crippen molar-refractivity contribution in [3.8, 4) is 0 Å². The third kappa shape index (κ3) is 2.16. The predicted octanol–water partition coefficient (Wildman–Crippen LogP) is 1.27. The van der Waals surface area contributed by atoms with Crippen LogP contribution in [0.5, 0.6) is 0 Å². The highest BCUT2D eigenvalue weighted by molar-refractivity contribution is 6.15. The Kier molecular flexibility index (Phi) is 2.88. The van der Waals surface area contributed by atoms with Crippen molar-refractivity contribution >= 4 is 23.5 Å². The standard InChI is InChI=1S/C11H13ClF2N4O/c12-17-4-8-9(15-6-17)18(7-2-1-3-7)5-11(13,14)10(19)16-8/h4,7H,1-3,5-6H2,(H,16,19). The number of alkyl halides is 2. The van der Waals surface area contributed by atoms with E-state index in [9.17, 15) is 13.6 Å². The molecule has 3 rings (SSSR count). The summed E-state index contributed by atoms with van der Waals surface area (Å²) in [4.78, 5) is 17.3. The Hall–Kier alpha value is -1.37. The normalized spacial score (nSPS) is 26.8. The largest absolute Gasteiger partial charge is 0.345 e. The lowest BCUT2D eigenvalue weighted by Crippen LogP contribution is -2.50. The Morgan fingerprint density at radius 1 is 1.47 bits per heavy atom. The van der Waals surface area contributed by atoms with E-state index in [1.54, 1.807) is 0 Å². The average Bonchev–Trinajstić information content (AvgIpc) is 2.33. The van der Waals surface area contributed by atoms with Crippen molar-refractivity contribution in [2.45, 2.75) is 31.2 Å². The van der Waals surface area contributed by atoms with Crippen LogP contribution in [0.15, 0.2) is 16.9 Å². The molecule has 0 aromatic heterocycles. The fourth-order valence-electron chi connectivity index (χ4n) is 2.37. The number of rotatable bonds is 1. The molecule has 1 saturated heterocycles. The van der Waals surface area contributed by atoms with E-state index in [0.717, 1.165) is 19.3 Å². The number of halogens is 3. The summed E-state index contributed by atoms with van der Waals surface area (Å²) in [5, 5.41) is 2.21. The highest BCUT2D eigenvalue weighted by Gasteiger charge is 2.48. The molecule has 1 N–H and O–H groups in total. The number of fused-ring (bicyclic) bond motifs is 1. The molecule has 0 unspecified atom stereocenters. The molecule has 1 amide bonds. The summed E-state index contributed by atoms with van der Waals surface area (Å²) >= 11 is 5.78. The molecule has 0 bridgehead atoms. The first-order valence-electron chi connectivity index (χ1n) is 6.12. The molecule has 2 aliphatic heterocycles. The molecule has 104 valence electrons. The predicted molar refractivity (Wildman–Crippen MR) is 65.5 cm³/mol. The molecule has 1 aliphatic carbocycles. The molecule has 0 spiro atoms. The van der Waals surface area contributed by atoms with Crippen LogP contribution in [0.3, 0.4) is 0 Å². The van der Waals surface area contributed by atoms with Gasteiger partial charge in [0, 0.05) is 24.0 Å². The third-order valence-corrected chi connectivity index (χ3v) is 3.81. The van der Waals surface area contributed by atoms with Crippen molar-refractivity contribution < 1.29 is 13.6 Å². The Bertz CT molecular complexity index is 475. The maximum absolute atomic E-state index is 13.8. The van der Waals surface area contributed by atoms with Gasteiger partial charge >= 0.3 is 5.92 Å². The number of hydrogen-bond donors (Lipinski definition) is 1. The number of amidine groups is 1. The summed E-state index contributed by atoms with van der Waals surface area (Å²) in [5.74, 6) is -4.32. The molecule has 0 aromatic carbocycles. The number of carbonyl (C=O) groups excluding carboxylic acids is 1. The van der Waals surface area contributed by atoms with Gasteiger partial charge in [0.05, 0.1) is 6.54 Å². The highest BCUT2D eigenvalue weighted by Crippen LogP contribution is 2.32. The second kappa shape index (κ2) is 4.33. The van der Waals surface area contributed by atoms with Gasteiger partial charge in [-0.15, -0.1) is 0 Å². The number of nitrogens with one attached hydrogen (secondary N) is 1. The molecule has 8 heteroatoms. The van der Waals surface area contributed by atoms with Gasteiger partial charge in [0.1, 0.15) is 12.4 Å². The molecule has 5 nitrogen and oxygen atoms in total. The molecular formula is C11H13ClF2N4O. The van der Waals surface area contributed by atoms with E-state index >= 15 is 0 Å². The Morgan fingerprint density at radius 2 is 2.21 bits per heavy atom. The van der Waals surface area contributed by atoms with Crippen molar-refractivity contribution in [3.63, 3.8) is 0 Å². The molecule has 2 heterocycles. The molecule has 0 radical (unpaired) electrons. The van der Waals surface area contributed by atoms with Crippen LogP contribution in [0.1, 0.15) is 19.3 Å². The van der Waals surface area contributed by atoms with E-state index in [4.69, 9.17) is 11.8 Å². The monoisotopic (exact) mass is 290 g/mol. The number of amides is 1. The molecule has 2 fully saturated rings. The lowest BCUT2D eigenvalue weighted by molar-refractivity contribution is -0.145. The van der Waals surface area contributed by atoms with Crippen LogP contribution in [0, 0.1) is 0 Å². The van der Waals surface area contributed by atoms with Crippen LogP contribution in [0.2, 0.25) is 0 Å². The van der Waals surface area contributed by atoms with Gasteiger partial charge in [0.2, 0.25) is 0 Å². The van der Waals surface area contributed by atoms with Crippen molar-refractivity contribution in [1.29, 1.82) is 0 Å². The summed E-state index contributed by atoms with van der Waals surface area (Å²) in [6, 6.07) is 0.0302. The zero-order valence-corrected chi connectivity index (χ0v) is 10.8. The minimum atomic E-state index is -3.42. The van der Waals surface area contributed by atoms with Crippen LogP contribution < -0.4 is 5.32 Å². The van der Waals surface area contributed by atoms with Crippen LogP contribution in [0.4, 0.5) is 8.78 Å². The average molecular weight is 291 g/mol. The molecule has 0 aromatic rings. The first-order valence-corrected chi connectivity index (χ1v) is 6.46. The number of aliphatic imine (C=N–C) groups is 1. The van der Waals surface area contributed by atoms with E-state index in [1.165, 1.54) is 15.5 Å². The fourth-order valence-corrected chi connectivity index (χ4v) is 2.52. The van der Waals surface area contributed by atoms with E-state index in [-0.39, 0.29) is 18.4 Å². The first-order chi connectivity index (χ1) is 8.97. The van der Waals surface area contributed by atoms with Gasteiger partial charge in [-0.2, -0.15) is 8.78 Å². The molecule has 3 aliphatic rings. The van der Waals surface area contributed by atoms with Gasteiger partial charge in [-0.3, -0.25) is 9.21 Å². The van der Waals surface area contributed by atoms with Crippen LogP contribution in [-0.2, 0) is 4.79 Å². The summed E-state index contributed by atoms with van der Waals surface area (Å²) in [5.41, 5.74) is 0.246. The molecule has 0 atom stereocenters. The SMILES string of the molecule is O=C1NC2=CN(Cl)CN=C2N(C2CCC2)CC1(F)F. The molecule has 1 saturated carbocycles. The zero-order valence-electron chi connectivity index (χ0n) is 10.1. The quantitative estimate of drug-likeness (QED) is 0.740. The second-order valence-corrected chi connectivity index (χ2v) is 5.37. The minimum absolute atomic E-state index is 0.0302. The molecular weight excluding hydrogens is 278 g/mol. The molecule has 19 heavy (non-hydrogen) atoms. The van der Waals surface area contributed by atoms with Gasteiger partial charge < -0.3 is 10.2 Å². The van der Waals surface area contributed by atoms with Gasteiger partial charge in [-0.1, -0.05) is 0 Å². The van der Waals surface area contributed by atoms with Crippen molar-refractivity contribution in [1.82, 2.24) is 14.6 Å². The maximum atomic E-state index is 13.8. The third-order valence-electron chi connectivity index (χ3n) is 3.60. The van der Waals surface area contributed by atoms with Crippen LogP contribution >= 0.6 is 11.8 Å². The Labute approximate surface area is 114 Å². The second-order valence-electron chi connectivity index (χ2n) is 4.94. The summed E-state index contributed by atoms with van der Waals surface area (Å²) in [6.07, 6.45) is 4.14. The highest BCUT2D eigenvalue weighted by atomic mass is 35.5. The maximum Gasteiger partial charge on any atom is 0.341 e. The van der Waals surface area contributed by atoms with Gasteiger partial charge in [-0.05, 0) is 19.3 Å². The van der Waals surface area contributed by atoms with E-state index in [0.29, 0.717) is 5.84 Å². The zero-order chi connectivity index (χ0) is 13.6. The summed E-state index contributed by atoms with van der Waals surface area (Å²) in [7, 11) is 0. The van der Waals surface area contributed by atoms with Gasteiger partial charge in [0.15, 0.2) is 5.84 Å². The number of nitrogens with zero attached hydrogens (tertiary/aromatic N) is 3. The van der Waals surface area contributed by atoms with Crippen molar-refractivity contribution in [2.75, 3.05) is 13.2 Å². The smallest absolute Gasteiger partial charge is 0.341 e. The van der Waals surface area contributed by atoms with Crippen molar-refractivity contribution in [3.05, 3.63) is 11.9 Å². The number of hydrogen-bond acceptors (Lipinski definition) is 4. The van der Waals surface area contributed by atoms with Gasteiger partial charge in [0.25, 0.3) is 5.91 Å². The van der Waals surface area contributed by atoms with E-state index < -0.39 is 18.4 Å². The lowest BCUT2D eigenvalue weighted by atomic mass is 9.91. The first kappa shape index (κ1) is 12.7. The van der Waals surface area contributed by atoms with E-state index in [2.05, 4.69) is 10.3 Å². The van der Waals surface area contributed by atoms with Crippen molar-refractivity contribution in [2.24, 2.45) is 4.99 Å². The minimum Gasteiger partial charge on any atom is -0.345 e. The fraction of sp³-hybridized carbons (Fsp3) is 0.636. The number of carbonyl (C=O) groups is 1. The van der Waals surface area contributed by atoms with Gasteiger partial charge in [-0.25, -0.2) is 4.99 Å². The lowest BCUT2D eigenvalue weighted by Gasteiger charge is -2.40. The Morgan fingerprint density at radius 3 is 2.84 bits per heavy atom. The topological polar surface area (TPSA) is 47.9 Å². The van der Waals surface area contributed by atoms with Crippen LogP contribution in [0.25, 0.3) is 0 Å². The summed E-state index contributed by atoms with van der Waals surface area (Å²) < 4.78 is 28.8. The summed E-state index contributed by atoms with van der Waals surface area (Å²) in [6.45, 7) is -0.437.